The highest BCUT2D eigenvalue weighted by Crippen LogP contribution is 2.32. The van der Waals surface area contributed by atoms with Gasteiger partial charge in [-0.05, 0) is 30.0 Å². The highest BCUT2D eigenvalue weighted by molar-refractivity contribution is 5.97. The fourth-order valence-electron chi connectivity index (χ4n) is 11.9. The Morgan fingerprint density at radius 1 is 0.656 bits per heavy atom. The standard InChI is InChI=1S/C53H82N12O25/c54-52-57-12-24(62-52)33(71)31-48(85)64-32(34(72)26-13-58-53(55)65(26)49-40(78)37(75)35(73)27(16-67)87-49)47(84)61-25(15-66)44(81)56-14-30(70)59-22(10-19-4-2-1-3-5-19)45(82)60-23(46(83)63-31)11-20-6-8-21(9-7-20)86-50-42(80)39(77)43(29(18-69)89-50)90-51-41(79)38(76)36(74)28(17-68)88-51/h6-9,19,22-29,31-43,49-51,66-69,71-80H,1-5,10-18H2,(H11,54,55,56,57,58,59,60,61,62,63,64,70,81,82,83,84,85)/p+2/t22-,23-,24+,25?,26+,27+,28+,29-,31+,32-,33-,34-,35+,36+,37+,38+,39+,40+,41+,42-,43-,49-,50+,51+/m1/s1. The second-order valence-electron chi connectivity index (χ2n) is 23.3. The van der Waals surface area contributed by atoms with E-state index >= 15 is 9.59 Å². The van der Waals surface area contributed by atoms with E-state index in [1.54, 1.807) is 0 Å². The van der Waals surface area contributed by atoms with Crippen molar-refractivity contribution in [3.05, 3.63) is 29.8 Å². The van der Waals surface area contributed by atoms with Crippen LogP contribution in [0, 0.1) is 5.92 Å². The third-order valence-electron chi connectivity index (χ3n) is 17.1. The normalized spacial score (nSPS) is 38.8. The molecular formula is C53H84N12O25+2. The number of nitrogens with one attached hydrogen (secondary N) is 8. The number of amides is 4. The third-order valence-corrected chi connectivity index (χ3v) is 17.1. The van der Waals surface area contributed by atoms with Crippen LogP contribution in [0.4, 0.5) is 0 Å². The molecule has 1 unspecified atom stereocenters. The molecule has 0 bridgehead atoms. The van der Waals surface area contributed by atoms with E-state index in [2.05, 4.69) is 46.9 Å². The first kappa shape index (κ1) is 69.5. The number of hydrogen-bond acceptors (Lipinski definition) is 29. The van der Waals surface area contributed by atoms with Crippen LogP contribution in [0.5, 0.6) is 5.75 Å². The molecule has 7 aliphatic rings. The van der Waals surface area contributed by atoms with E-state index in [4.69, 9.17) is 35.2 Å². The number of nitrogens with two attached hydrogens (primary N) is 2. The molecule has 1 aromatic rings. The predicted octanol–water partition coefficient (Wildman–Crippen LogP) is -17.5. The first-order valence-corrected chi connectivity index (χ1v) is 29.5. The molecule has 90 heavy (non-hydrogen) atoms. The van der Waals surface area contributed by atoms with Crippen LogP contribution in [0.1, 0.15) is 44.1 Å². The summed E-state index contributed by atoms with van der Waals surface area (Å²) in [5, 5.41) is 191. The molecule has 24 atom stereocenters. The van der Waals surface area contributed by atoms with Crippen molar-refractivity contribution in [3.63, 3.8) is 0 Å². The number of nitrogens with zero attached hydrogens (tertiary/aromatic N) is 2. The molecule has 8 rings (SSSR count). The second kappa shape index (κ2) is 30.9. The molecular weight excluding hydrogens is 1200 g/mol. The second-order valence-corrected chi connectivity index (χ2v) is 23.3. The first-order valence-electron chi connectivity index (χ1n) is 29.5. The Kier molecular flexibility index (Phi) is 23.8. The maximum Gasteiger partial charge on any atom is 0.358 e. The summed E-state index contributed by atoms with van der Waals surface area (Å²) in [5.74, 6) is -7.39. The number of benzene rings is 1. The van der Waals surface area contributed by atoms with Crippen LogP contribution in [0.25, 0.3) is 0 Å². The fraction of sp³-hybridized carbons (Fsp3) is 0.736. The number of aliphatic hydroxyl groups is 15. The van der Waals surface area contributed by atoms with Gasteiger partial charge in [0.05, 0.1) is 33.0 Å². The Bertz CT molecular complexity index is 2740. The first-order chi connectivity index (χ1) is 42.9. The zero-order valence-corrected chi connectivity index (χ0v) is 48.5. The SMILES string of the molecule is NC1=[NH+]C[C@@H]([C@@H](O)[C@@H]2NC(=O)[C@@H](Cc3ccc(O[C@H]4O[C@H](CO)[C@@H](O[C@@H]5O[C@@H](CO)[C@H](O)[C@H](O)[C@@H]5O)[C@@H](O)[C@H]4O)cc3)NC(=O)[C@@H](CC3CCCCC3)N=C([O-])C[NH+]=C(O)C(CO)NC(=O)[C@@H]([C@H](O)[C@@H]3CNC(N)=[N+]3[C@@H]3O[C@@H](CO)[C@H](O)[C@H](O)[C@@H]3O)NC2=O)N1. The van der Waals surface area contributed by atoms with Crippen molar-refractivity contribution in [1.82, 2.24) is 31.9 Å². The molecule has 3 saturated heterocycles. The van der Waals surface area contributed by atoms with E-state index < -0.39 is 228 Å². The third kappa shape index (κ3) is 15.9. The van der Waals surface area contributed by atoms with Gasteiger partial charge < -0.3 is 127 Å². The Hall–Kier alpha value is -6.34. The number of aliphatic imine (C=N–C) groups is 1. The molecule has 37 heteroatoms. The summed E-state index contributed by atoms with van der Waals surface area (Å²) in [4.78, 5) is 68.6. The van der Waals surface area contributed by atoms with E-state index in [1.807, 2.05) is 0 Å². The van der Waals surface area contributed by atoms with Gasteiger partial charge in [0, 0.05) is 12.3 Å². The zero-order valence-electron chi connectivity index (χ0n) is 48.5. The summed E-state index contributed by atoms with van der Waals surface area (Å²) in [5.41, 5.74) is 12.5. The summed E-state index contributed by atoms with van der Waals surface area (Å²) in [6.07, 6.45) is -27.3. The smallest absolute Gasteiger partial charge is 0.358 e. The lowest BCUT2D eigenvalue weighted by Gasteiger charge is -2.45. The Balaban J connectivity index is 1.11. The highest BCUT2D eigenvalue weighted by atomic mass is 16.7. The predicted molar refractivity (Wildman–Crippen MR) is 297 cm³/mol. The lowest BCUT2D eigenvalue weighted by molar-refractivity contribution is -0.663. The van der Waals surface area contributed by atoms with Crippen molar-refractivity contribution < 1.29 is 139 Å². The molecule has 0 aromatic heterocycles. The number of hydrogen-bond donors (Lipinski definition) is 25. The monoisotopic (exact) mass is 1290 g/mol. The summed E-state index contributed by atoms with van der Waals surface area (Å²) < 4.78 is 29.3. The van der Waals surface area contributed by atoms with E-state index in [1.165, 1.54) is 24.3 Å². The van der Waals surface area contributed by atoms with Crippen LogP contribution in [-0.2, 0) is 44.5 Å². The minimum Gasteiger partial charge on any atom is -0.858 e. The minimum atomic E-state index is -2.28. The van der Waals surface area contributed by atoms with Crippen LogP contribution in [0.3, 0.4) is 0 Å². The van der Waals surface area contributed by atoms with Gasteiger partial charge in [0.1, 0.15) is 134 Å². The average molecular weight is 1290 g/mol. The van der Waals surface area contributed by atoms with Crippen LogP contribution in [0.15, 0.2) is 29.3 Å². The fourth-order valence-corrected chi connectivity index (χ4v) is 11.9. The Labute approximate surface area is 512 Å². The number of carbonyl (C=O) groups is 4. The zero-order chi connectivity index (χ0) is 65.4. The maximum atomic E-state index is 15.1. The van der Waals surface area contributed by atoms with Crippen molar-refractivity contribution in [3.8, 4) is 5.75 Å². The quantitative estimate of drug-likeness (QED) is 0.0644. The van der Waals surface area contributed by atoms with E-state index in [0.29, 0.717) is 12.8 Å². The van der Waals surface area contributed by atoms with E-state index in [0.717, 1.165) is 23.8 Å². The Morgan fingerprint density at radius 2 is 1.24 bits per heavy atom. The van der Waals surface area contributed by atoms with Gasteiger partial charge in [-0.25, -0.2) is 9.57 Å². The summed E-state index contributed by atoms with van der Waals surface area (Å²) >= 11 is 0. The van der Waals surface area contributed by atoms with E-state index in [9.17, 15) is 91.3 Å². The van der Waals surface area contributed by atoms with Gasteiger partial charge in [0.25, 0.3) is 0 Å². The molecule has 6 heterocycles. The van der Waals surface area contributed by atoms with Gasteiger partial charge in [-0.2, -0.15) is 0 Å². The lowest BCUT2D eigenvalue weighted by atomic mass is 9.84. The molecule has 6 aliphatic heterocycles. The molecule has 4 fully saturated rings. The van der Waals surface area contributed by atoms with Gasteiger partial charge in [0.15, 0.2) is 18.9 Å². The highest BCUT2D eigenvalue weighted by Gasteiger charge is 2.55. The van der Waals surface area contributed by atoms with Crippen molar-refractivity contribution in [1.29, 1.82) is 0 Å². The lowest BCUT2D eigenvalue weighted by Crippen LogP contribution is -2.80. The molecule has 1 saturated carbocycles. The van der Waals surface area contributed by atoms with Crippen LogP contribution < -0.4 is 63.2 Å². The number of guanidine groups is 2. The van der Waals surface area contributed by atoms with E-state index in [-0.39, 0.29) is 42.1 Å². The number of ether oxygens (including phenoxy) is 5. The number of carbonyl (C=O) groups excluding carboxylic acids is 4. The van der Waals surface area contributed by atoms with Crippen molar-refractivity contribution in [2.75, 3.05) is 46.1 Å². The summed E-state index contributed by atoms with van der Waals surface area (Å²) in [7, 11) is 0. The molecule has 0 spiro atoms. The molecule has 1 aliphatic carbocycles. The van der Waals surface area contributed by atoms with Crippen LogP contribution in [-0.4, -0.2) is 321 Å². The van der Waals surface area contributed by atoms with Gasteiger partial charge in [-0.1, -0.05) is 44.2 Å². The molecule has 504 valence electrons. The average Bonchev–Trinajstić information content (AvgIpc) is 1.58. The number of rotatable bonds is 17. The minimum absolute atomic E-state index is 0.0178. The largest absolute Gasteiger partial charge is 0.858 e. The number of aliphatic hydroxyl groups excluding tert-OH is 15. The van der Waals surface area contributed by atoms with Gasteiger partial charge in [0.2, 0.25) is 36.1 Å². The maximum absolute atomic E-state index is 15.1. The topological polar surface area (TPSA) is 608 Å². The van der Waals surface area contributed by atoms with Gasteiger partial charge >= 0.3 is 17.8 Å². The molecule has 4 amide bonds. The van der Waals surface area contributed by atoms with Crippen molar-refractivity contribution >= 4 is 47.3 Å². The summed E-state index contributed by atoms with van der Waals surface area (Å²) in [6, 6.07) is -6.76. The molecule has 0 radical (unpaired) electrons. The molecule has 1 aromatic carbocycles. The van der Waals surface area contributed by atoms with Crippen LogP contribution in [0.2, 0.25) is 0 Å². The summed E-state index contributed by atoms with van der Waals surface area (Å²) in [6.45, 7) is -5.04. The molecule has 37 nitrogen and oxygen atoms in total. The molecule has 27 N–H and O–H groups in total. The van der Waals surface area contributed by atoms with Gasteiger partial charge in [-0.3, -0.25) is 51.3 Å². The van der Waals surface area contributed by atoms with Crippen molar-refractivity contribution in [2.24, 2.45) is 22.4 Å². The van der Waals surface area contributed by atoms with Crippen LogP contribution >= 0.6 is 0 Å². The van der Waals surface area contributed by atoms with Crippen molar-refractivity contribution in [2.45, 2.75) is 192 Å². The Morgan fingerprint density at radius 3 is 1.88 bits per heavy atom. The van der Waals surface area contributed by atoms with Gasteiger partial charge in [-0.15, -0.1) is 0 Å².